The fourth-order valence-electron chi connectivity index (χ4n) is 11.5. The summed E-state index contributed by atoms with van der Waals surface area (Å²) in [7, 11) is 0. The van der Waals surface area contributed by atoms with Crippen molar-refractivity contribution < 1.29 is 4.42 Å². The fraction of sp³-hybridized carbons (Fsp3) is 0.310. The topological polar surface area (TPSA) is 19.6 Å². The van der Waals surface area contributed by atoms with Gasteiger partial charge in [0.15, 0.2) is 0 Å². The first-order chi connectivity index (χ1) is 30.3. The van der Waals surface area contributed by atoms with Gasteiger partial charge < -0.3 is 14.2 Å². The number of aryl methyl sites for hydroxylation is 1. The Morgan fingerprint density at radius 3 is 2.27 bits per heavy atom. The molecule has 0 saturated carbocycles. The van der Waals surface area contributed by atoms with Crippen LogP contribution >= 0.6 is 22.6 Å². The van der Waals surface area contributed by atoms with Gasteiger partial charge in [0.05, 0.1) is 17.0 Å². The average Bonchev–Trinajstić information content (AvgIpc) is 3.47. The molecule has 10 rings (SSSR count). The largest absolute Gasteiger partial charge is 0.468 e. The van der Waals surface area contributed by atoms with Gasteiger partial charge in [-0.2, -0.15) is 0 Å². The van der Waals surface area contributed by atoms with E-state index in [1.807, 2.05) is 0 Å². The molecule has 0 radical (unpaired) electrons. The predicted octanol–water partition coefficient (Wildman–Crippen LogP) is 13.8. The maximum Gasteiger partial charge on any atom is 0.297 e. The van der Waals surface area contributed by atoms with Gasteiger partial charge in [0.25, 0.3) is 6.71 Å². The molecule has 63 heavy (non-hydrogen) atoms. The lowest BCUT2D eigenvalue weighted by atomic mass is 9.35. The van der Waals surface area contributed by atoms with Crippen LogP contribution in [0.25, 0.3) is 11.6 Å². The number of nitrogens with zero attached hydrogens (tertiary/aromatic N) is 2. The molecule has 2 atom stereocenters. The molecule has 2 unspecified atom stereocenters. The van der Waals surface area contributed by atoms with Gasteiger partial charge >= 0.3 is 0 Å². The van der Waals surface area contributed by atoms with Gasteiger partial charge in [0.2, 0.25) is 0 Å². The van der Waals surface area contributed by atoms with E-state index in [2.05, 4.69) is 228 Å². The van der Waals surface area contributed by atoms with Gasteiger partial charge in [0.1, 0.15) is 5.76 Å². The van der Waals surface area contributed by atoms with Crippen molar-refractivity contribution in [3.63, 3.8) is 0 Å². The van der Waals surface area contributed by atoms with Crippen molar-refractivity contribution in [3.05, 3.63) is 184 Å². The van der Waals surface area contributed by atoms with Gasteiger partial charge in [0, 0.05) is 44.2 Å². The van der Waals surface area contributed by atoms with Crippen molar-refractivity contribution in [2.45, 2.75) is 98.3 Å². The van der Waals surface area contributed by atoms with E-state index in [0.29, 0.717) is 11.8 Å². The lowest BCUT2D eigenvalue weighted by Gasteiger charge is -2.47. The standard InChI is InChI=1S/C58H60BIN2O/c1-10-18-42(25-28-60)61-51-29-37(4)30-52-54(51)59(56-55(61)45-31-38(5)44(36(2)3)33-53(45)63-56)48-34-46-47(58(8,9)27-26-57(46,6)7)35-50(48)62(52)49-32-41(39-19-13-11-14-20-39)23-17-24-43(49)40-21-15-12-16-22-40/h10-25,29-30,32-36,38,41H,26-28,31H2,1-9H3/b18-10-,42-25+. The summed E-state index contributed by atoms with van der Waals surface area (Å²) < 4.78 is 8.40. The summed E-state index contributed by atoms with van der Waals surface area (Å²) in [5.41, 5.74) is 21.8. The van der Waals surface area contributed by atoms with Crippen LogP contribution in [0.5, 0.6) is 0 Å². The van der Waals surface area contributed by atoms with E-state index in [9.17, 15) is 0 Å². The smallest absolute Gasteiger partial charge is 0.297 e. The molecule has 3 heterocycles. The van der Waals surface area contributed by atoms with Gasteiger partial charge in [-0.3, -0.25) is 0 Å². The summed E-state index contributed by atoms with van der Waals surface area (Å²) in [5.74, 6) is 1.98. The van der Waals surface area contributed by atoms with Crippen LogP contribution in [0.1, 0.15) is 113 Å². The number of alkyl halides is 1. The molecule has 0 amide bonds. The third kappa shape index (κ3) is 6.91. The van der Waals surface area contributed by atoms with Gasteiger partial charge in [-0.15, -0.1) is 0 Å². The van der Waals surface area contributed by atoms with Crippen LogP contribution in [0.2, 0.25) is 0 Å². The molecule has 1 aromatic heterocycles. The Morgan fingerprint density at radius 1 is 0.905 bits per heavy atom. The van der Waals surface area contributed by atoms with Crippen LogP contribution < -0.4 is 26.4 Å². The number of anilines is 4. The summed E-state index contributed by atoms with van der Waals surface area (Å²) in [6.45, 7) is 21.3. The maximum atomic E-state index is 7.51. The second-order valence-corrected chi connectivity index (χ2v) is 21.1. The molecule has 2 aliphatic heterocycles. The molecule has 0 saturated heterocycles. The molecular weight excluding hydrogens is 878 g/mol. The highest BCUT2D eigenvalue weighted by atomic mass is 127. The van der Waals surface area contributed by atoms with Gasteiger partial charge in [-0.1, -0.05) is 174 Å². The maximum absolute atomic E-state index is 7.51. The Kier molecular flexibility index (Phi) is 10.6. The molecule has 5 aromatic rings. The molecule has 318 valence electrons. The summed E-state index contributed by atoms with van der Waals surface area (Å²) >= 11 is 2.51. The average molecular weight is 939 g/mol. The van der Waals surface area contributed by atoms with Crippen LogP contribution in [-0.2, 0) is 17.3 Å². The van der Waals surface area contributed by atoms with Crippen molar-refractivity contribution in [2.75, 3.05) is 14.2 Å². The lowest BCUT2D eigenvalue weighted by molar-refractivity contribution is 0.332. The van der Waals surface area contributed by atoms with Crippen molar-refractivity contribution in [1.82, 2.24) is 0 Å². The highest BCUT2D eigenvalue weighted by Gasteiger charge is 2.50. The minimum Gasteiger partial charge on any atom is -0.468 e. The van der Waals surface area contributed by atoms with E-state index < -0.39 is 0 Å². The van der Waals surface area contributed by atoms with Crippen LogP contribution in [0.4, 0.5) is 22.7 Å². The molecule has 4 aromatic carbocycles. The van der Waals surface area contributed by atoms with Crippen molar-refractivity contribution in [1.29, 1.82) is 0 Å². The first-order valence-electron chi connectivity index (χ1n) is 23.2. The predicted molar refractivity (Wildman–Crippen MR) is 279 cm³/mol. The second kappa shape index (κ2) is 15.9. The Morgan fingerprint density at radius 2 is 1.59 bits per heavy atom. The van der Waals surface area contributed by atoms with Crippen LogP contribution in [0.15, 0.2) is 149 Å². The molecule has 0 fully saturated rings. The Bertz CT molecular complexity index is 2830. The molecule has 3 aliphatic carbocycles. The molecule has 3 nitrogen and oxygen atoms in total. The number of allylic oxidation sites excluding steroid dienone is 9. The summed E-state index contributed by atoms with van der Waals surface area (Å²) in [6, 6.07) is 32.2. The van der Waals surface area contributed by atoms with E-state index in [1.54, 1.807) is 0 Å². The highest BCUT2D eigenvalue weighted by Crippen LogP contribution is 2.52. The van der Waals surface area contributed by atoms with Crippen molar-refractivity contribution in [3.8, 4) is 0 Å². The van der Waals surface area contributed by atoms with Crippen molar-refractivity contribution >= 4 is 80.3 Å². The molecule has 0 bridgehead atoms. The Labute approximate surface area is 390 Å². The lowest BCUT2D eigenvalue weighted by Crippen LogP contribution is -2.62. The monoisotopic (exact) mass is 938 g/mol. The van der Waals surface area contributed by atoms with E-state index >= 15 is 0 Å². The zero-order valence-electron chi connectivity index (χ0n) is 38.5. The number of furan rings is 1. The SMILES string of the molecule is C/C=C\C(=C/CI)N1c2cc(C)cc3c2B(c2cc4c(cc2N3C2=CC(c3ccccc3)C=CC=C2c2ccccc2)C(C)(C)CCC4(C)C)c2oc3c(c21)CC(C)C(C(C)C)=C3. The van der Waals surface area contributed by atoms with E-state index in [-0.39, 0.29) is 23.5 Å². The minimum absolute atomic E-state index is 0.0196. The minimum atomic E-state index is -0.0962. The highest BCUT2D eigenvalue weighted by molar-refractivity contribution is 14.1. The third-order valence-corrected chi connectivity index (χ3v) is 15.2. The molecular formula is C58H60BIN2O. The van der Waals surface area contributed by atoms with Gasteiger partial charge in [-0.05, 0) is 131 Å². The number of hydrogen-bond donors (Lipinski definition) is 0. The summed E-state index contributed by atoms with van der Waals surface area (Å²) in [4.78, 5) is 5.25. The summed E-state index contributed by atoms with van der Waals surface area (Å²) in [5, 5.41) is 0. The molecule has 0 N–H and O–H groups in total. The zero-order valence-corrected chi connectivity index (χ0v) is 40.7. The van der Waals surface area contributed by atoms with Crippen LogP contribution in [0.3, 0.4) is 0 Å². The quantitative estimate of drug-likeness (QED) is 0.0702. The molecule has 5 aliphatic rings. The van der Waals surface area contributed by atoms with Crippen molar-refractivity contribution in [2.24, 2.45) is 11.8 Å². The van der Waals surface area contributed by atoms with Crippen LogP contribution in [-0.4, -0.2) is 11.1 Å². The normalized spacial score (nSPS) is 20.7. The second-order valence-electron chi connectivity index (χ2n) is 20.2. The van der Waals surface area contributed by atoms with E-state index in [1.165, 1.54) is 89.6 Å². The fourth-order valence-corrected chi connectivity index (χ4v) is 11.9. The van der Waals surface area contributed by atoms with E-state index in [4.69, 9.17) is 4.42 Å². The number of hydrogen-bond acceptors (Lipinski definition) is 3. The van der Waals surface area contributed by atoms with E-state index in [0.717, 1.165) is 35.1 Å². The third-order valence-electron chi connectivity index (χ3n) is 14.8. The number of halogens is 1. The Hall–Kier alpha value is -5.01. The molecule has 5 heteroatoms. The number of benzene rings is 4. The van der Waals surface area contributed by atoms with Crippen LogP contribution in [0, 0.1) is 18.8 Å². The zero-order chi connectivity index (χ0) is 43.9. The number of rotatable bonds is 7. The Balaban J connectivity index is 1.35. The first-order valence-corrected chi connectivity index (χ1v) is 24.7. The van der Waals surface area contributed by atoms with Gasteiger partial charge in [-0.25, -0.2) is 0 Å². The molecule has 0 spiro atoms. The summed E-state index contributed by atoms with van der Waals surface area (Å²) in [6.07, 6.45) is 22.1. The number of fused-ring (bicyclic) bond motifs is 7. The first kappa shape index (κ1) is 42.0.